The Morgan fingerprint density at radius 2 is 2.20 bits per heavy atom. The number of ether oxygens (including phenoxy) is 1. The van der Waals surface area contributed by atoms with Crippen molar-refractivity contribution in [1.29, 1.82) is 0 Å². The second-order valence-corrected chi connectivity index (χ2v) is 4.62. The highest BCUT2D eigenvalue weighted by atomic mass is 16.5. The number of aromatic nitrogens is 2. The van der Waals surface area contributed by atoms with Crippen molar-refractivity contribution in [2.45, 2.75) is 12.8 Å². The first kappa shape index (κ1) is 12.4. The molecule has 0 saturated carbocycles. The molecule has 1 aromatic carbocycles. The number of aryl methyl sites for hydroxylation is 1. The number of aromatic amines is 1. The van der Waals surface area contributed by atoms with E-state index in [1.165, 1.54) is 6.92 Å². The van der Waals surface area contributed by atoms with Gasteiger partial charge in [0, 0.05) is 5.56 Å². The number of H-pyrrole nitrogens is 1. The second-order valence-electron chi connectivity index (χ2n) is 4.62. The number of hydrogen-bond donors (Lipinski definition) is 2. The van der Waals surface area contributed by atoms with Crippen LogP contribution in [-0.4, -0.2) is 27.7 Å². The van der Waals surface area contributed by atoms with Gasteiger partial charge in [0.15, 0.2) is 0 Å². The molecule has 20 heavy (non-hydrogen) atoms. The third-order valence-corrected chi connectivity index (χ3v) is 3.36. The third-order valence-electron chi connectivity index (χ3n) is 3.36. The van der Waals surface area contributed by atoms with E-state index in [2.05, 4.69) is 9.97 Å². The molecule has 2 aromatic rings. The predicted octanol–water partition coefficient (Wildman–Crippen LogP) is 1.30. The number of fused-ring (bicyclic) bond motifs is 1. The zero-order valence-electron chi connectivity index (χ0n) is 10.7. The number of benzene rings is 1. The fourth-order valence-corrected chi connectivity index (χ4v) is 2.41. The zero-order chi connectivity index (χ0) is 14.3. The van der Waals surface area contributed by atoms with E-state index in [0.717, 1.165) is 11.3 Å². The number of carbonyl (C=O) groups is 1. The molecule has 1 aromatic heterocycles. The van der Waals surface area contributed by atoms with Crippen molar-refractivity contribution in [1.82, 2.24) is 9.97 Å². The molecule has 6 nitrogen and oxygen atoms in total. The minimum Gasteiger partial charge on any atom is -0.492 e. The highest BCUT2D eigenvalue weighted by Gasteiger charge is 2.28. The van der Waals surface area contributed by atoms with E-state index in [1.807, 2.05) is 24.3 Å². The molecule has 0 fully saturated rings. The lowest BCUT2D eigenvalue weighted by Crippen LogP contribution is -2.24. The van der Waals surface area contributed by atoms with Gasteiger partial charge >= 0.3 is 5.97 Å². The third kappa shape index (κ3) is 1.85. The summed E-state index contributed by atoms with van der Waals surface area (Å²) in [5, 5.41) is 8.98. The van der Waals surface area contributed by atoms with Crippen LogP contribution in [0.3, 0.4) is 0 Å². The van der Waals surface area contributed by atoms with Gasteiger partial charge in [0.05, 0.1) is 11.6 Å². The normalized spacial score (nSPS) is 16.6. The molecule has 1 unspecified atom stereocenters. The van der Waals surface area contributed by atoms with E-state index in [0.29, 0.717) is 12.4 Å². The Balaban J connectivity index is 2.10. The minimum absolute atomic E-state index is 0.180. The van der Waals surface area contributed by atoms with Gasteiger partial charge in [-0.25, -0.2) is 9.78 Å². The van der Waals surface area contributed by atoms with Gasteiger partial charge in [-0.15, -0.1) is 0 Å². The lowest BCUT2D eigenvalue weighted by atomic mass is 10.0. The van der Waals surface area contributed by atoms with Crippen LogP contribution in [0.5, 0.6) is 5.75 Å². The molecule has 0 aliphatic carbocycles. The zero-order valence-corrected chi connectivity index (χ0v) is 10.7. The topological polar surface area (TPSA) is 92.3 Å². The van der Waals surface area contributed by atoms with Crippen molar-refractivity contribution in [2.24, 2.45) is 0 Å². The fraction of sp³-hybridized carbons (Fsp3) is 0.214. The van der Waals surface area contributed by atoms with E-state index < -0.39 is 11.5 Å². The molecule has 0 spiro atoms. The largest absolute Gasteiger partial charge is 0.492 e. The Labute approximate surface area is 114 Å². The number of nitrogens with one attached hydrogen (secondary N) is 1. The maximum Gasteiger partial charge on any atom is 0.343 e. The van der Waals surface area contributed by atoms with Gasteiger partial charge in [0.25, 0.3) is 5.56 Å². The molecule has 0 bridgehead atoms. The summed E-state index contributed by atoms with van der Waals surface area (Å²) in [6.45, 7) is 1.90. The molecule has 102 valence electrons. The molecule has 6 heteroatoms. The molecule has 2 heterocycles. The summed E-state index contributed by atoms with van der Waals surface area (Å²) in [5.74, 6) is -0.256. The van der Waals surface area contributed by atoms with Gasteiger partial charge < -0.3 is 14.8 Å². The van der Waals surface area contributed by atoms with E-state index in [9.17, 15) is 9.59 Å². The van der Waals surface area contributed by atoms with Crippen LogP contribution in [0.4, 0.5) is 0 Å². The molecule has 0 radical (unpaired) electrons. The Bertz CT molecular complexity index is 751. The number of nitrogens with zero attached hydrogens (tertiary/aromatic N) is 1. The summed E-state index contributed by atoms with van der Waals surface area (Å²) < 4.78 is 5.54. The van der Waals surface area contributed by atoms with Crippen LogP contribution in [0, 0.1) is 6.92 Å². The highest BCUT2D eigenvalue weighted by Crippen LogP contribution is 2.36. The molecule has 1 aliphatic rings. The van der Waals surface area contributed by atoms with Gasteiger partial charge in [-0.1, -0.05) is 18.2 Å². The van der Waals surface area contributed by atoms with Gasteiger partial charge in [-0.2, -0.15) is 0 Å². The second kappa shape index (κ2) is 4.48. The molecular weight excluding hydrogens is 260 g/mol. The van der Waals surface area contributed by atoms with Gasteiger partial charge in [-0.05, 0) is 13.0 Å². The predicted molar refractivity (Wildman–Crippen MR) is 70.3 cm³/mol. The number of hydrogen-bond acceptors (Lipinski definition) is 4. The van der Waals surface area contributed by atoms with Crippen LogP contribution < -0.4 is 10.3 Å². The van der Waals surface area contributed by atoms with Crippen molar-refractivity contribution in [3.63, 3.8) is 0 Å². The Hall–Kier alpha value is -2.63. The molecule has 1 atom stereocenters. The van der Waals surface area contributed by atoms with Gasteiger partial charge in [0.2, 0.25) is 0 Å². The van der Waals surface area contributed by atoms with Crippen LogP contribution >= 0.6 is 0 Å². The standard InChI is InChI=1S/C14H12N2O4/c1-7-11(14(18)19)13(17)16-12(15-7)9-6-20-10-5-3-2-4-8(9)10/h2-5,9H,6H2,1H3,(H,18,19)(H,15,16,17). The summed E-state index contributed by atoms with van der Waals surface area (Å²) in [7, 11) is 0. The van der Waals surface area contributed by atoms with Crippen molar-refractivity contribution >= 4 is 5.97 Å². The van der Waals surface area contributed by atoms with Crippen molar-refractivity contribution in [2.75, 3.05) is 6.61 Å². The summed E-state index contributed by atoms with van der Waals surface area (Å²) in [4.78, 5) is 29.6. The van der Waals surface area contributed by atoms with Crippen LogP contribution in [0.25, 0.3) is 0 Å². The number of para-hydroxylation sites is 1. The average Bonchev–Trinajstić information content (AvgIpc) is 2.81. The first-order chi connectivity index (χ1) is 9.58. The van der Waals surface area contributed by atoms with Crippen LogP contribution in [0.1, 0.15) is 33.4 Å². The maximum atomic E-state index is 11.9. The highest BCUT2D eigenvalue weighted by molar-refractivity contribution is 5.88. The first-order valence-electron chi connectivity index (χ1n) is 6.13. The monoisotopic (exact) mass is 272 g/mol. The van der Waals surface area contributed by atoms with Gasteiger partial charge in [0.1, 0.15) is 23.7 Å². The average molecular weight is 272 g/mol. The molecule has 2 N–H and O–H groups in total. The Morgan fingerprint density at radius 1 is 1.45 bits per heavy atom. The van der Waals surface area contributed by atoms with Crippen LogP contribution in [0.2, 0.25) is 0 Å². The van der Waals surface area contributed by atoms with Crippen LogP contribution in [-0.2, 0) is 0 Å². The van der Waals surface area contributed by atoms with E-state index in [1.54, 1.807) is 0 Å². The summed E-state index contributed by atoms with van der Waals surface area (Å²) in [6, 6.07) is 7.52. The fourth-order valence-electron chi connectivity index (χ4n) is 2.41. The number of carboxylic acids is 1. The number of rotatable bonds is 2. The lowest BCUT2D eigenvalue weighted by Gasteiger charge is -2.09. The quantitative estimate of drug-likeness (QED) is 0.859. The Kier molecular flexibility index (Phi) is 2.78. The molecule has 1 aliphatic heterocycles. The molecular formula is C14H12N2O4. The summed E-state index contributed by atoms with van der Waals surface area (Å²) >= 11 is 0. The number of carboxylic acid groups (broad SMARTS) is 1. The molecule has 0 saturated heterocycles. The minimum atomic E-state index is -1.27. The van der Waals surface area contributed by atoms with Crippen molar-refractivity contribution in [3.05, 3.63) is 57.3 Å². The van der Waals surface area contributed by atoms with Gasteiger partial charge in [-0.3, -0.25) is 4.79 Å². The first-order valence-corrected chi connectivity index (χ1v) is 6.13. The molecule has 0 amide bonds. The Morgan fingerprint density at radius 3 is 2.90 bits per heavy atom. The van der Waals surface area contributed by atoms with Crippen molar-refractivity contribution in [3.8, 4) is 5.75 Å². The number of aromatic carboxylic acids is 1. The maximum absolute atomic E-state index is 11.9. The smallest absolute Gasteiger partial charge is 0.343 e. The summed E-state index contributed by atoms with van der Waals surface area (Å²) in [5.41, 5.74) is 0.198. The molecule has 3 rings (SSSR count). The summed E-state index contributed by atoms with van der Waals surface area (Å²) in [6.07, 6.45) is 0. The van der Waals surface area contributed by atoms with E-state index in [-0.39, 0.29) is 17.2 Å². The van der Waals surface area contributed by atoms with Crippen molar-refractivity contribution < 1.29 is 14.6 Å². The van der Waals surface area contributed by atoms with Crippen LogP contribution in [0.15, 0.2) is 29.1 Å². The van der Waals surface area contributed by atoms with E-state index in [4.69, 9.17) is 9.84 Å². The lowest BCUT2D eigenvalue weighted by molar-refractivity contribution is 0.0693. The van der Waals surface area contributed by atoms with E-state index >= 15 is 0 Å². The SMILES string of the molecule is Cc1nc(C2COc3ccccc32)[nH]c(=O)c1C(=O)O.